The van der Waals surface area contributed by atoms with Crippen LogP contribution in [0.2, 0.25) is 0 Å². The Morgan fingerprint density at radius 1 is 1.53 bits per heavy atom. The van der Waals surface area contributed by atoms with Crippen molar-refractivity contribution in [3.05, 3.63) is 22.4 Å². The number of nitrogens with zero attached hydrogens (tertiary/aromatic N) is 1. The molecule has 106 valence electrons. The second-order valence-electron chi connectivity index (χ2n) is 4.17. The van der Waals surface area contributed by atoms with Gasteiger partial charge >= 0.3 is 0 Å². The molecule has 1 aromatic rings. The van der Waals surface area contributed by atoms with Gasteiger partial charge in [0, 0.05) is 18.0 Å². The van der Waals surface area contributed by atoms with E-state index in [1.54, 1.807) is 11.3 Å². The van der Waals surface area contributed by atoms with Crippen LogP contribution in [-0.2, 0) is 6.42 Å². The summed E-state index contributed by atoms with van der Waals surface area (Å²) in [5.74, 6) is 3.88. The molecule has 0 bridgehead atoms. The van der Waals surface area contributed by atoms with Gasteiger partial charge in [-0.15, -0.1) is 41.7 Å². The number of hydrogen-bond donors (Lipinski definition) is 2. The van der Waals surface area contributed by atoms with E-state index in [1.165, 1.54) is 4.88 Å². The summed E-state index contributed by atoms with van der Waals surface area (Å²) in [5, 5.41) is 8.38. The minimum atomic E-state index is 0. The van der Waals surface area contributed by atoms with Gasteiger partial charge < -0.3 is 10.6 Å². The molecule has 5 heteroatoms. The van der Waals surface area contributed by atoms with E-state index in [-0.39, 0.29) is 24.0 Å². The molecule has 2 N–H and O–H groups in total. The number of halogens is 1. The Morgan fingerprint density at radius 2 is 2.32 bits per heavy atom. The molecule has 3 nitrogen and oxygen atoms in total. The van der Waals surface area contributed by atoms with Gasteiger partial charge in [0.05, 0.1) is 6.54 Å². The summed E-state index contributed by atoms with van der Waals surface area (Å²) in [7, 11) is 0. The van der Waals surface area contributed by atoms with Crippen LogP contribution >= 0.6 is 35.3 Å². The number of terminal acetylenes is 1. The monoisotopic (exact) mass is 391 g/mol. The van der Waals surface area contributed by atoms with Gasteiger partial charge in [0.15, 0.2) is 5.96 Å². The lowest BCUT2D eigenvalue weighted by atomic mass is 10.1. The summed E-state index contributed by atoms with van der Waals surface area (Å²) >= 11 is 1.80. The first-order chi connectivity index (χ1) is 8.76. The minimum Gasteiger partial charge on any atom is -0.357 e. The highest BCUT2D eigenvalue weighted by molar-refractivity contribution is 14.0. The van der Waals surface area contributed by atoms with E-state index >= 15 is 0 Å². The van der Waals surface area contributed by atoms with Crippen molar-refractivity contribution < 1.29 is 0 Å². The van der Waals surface area contributed by atoms with Gasteiger partial charge in [-0.25, -0.2) is 0 Å². The molecule has 19 heavy (non-hydrogen) atoms. The number of rotatable bonds is 6. The van der Waals surface area contributed by atoms with E-state index < -0.39 is 0 Å². The predicted octanol–water partition coefficient (Wildman–Crippen LogP) is 2.73. The highest BCUT2D eigenvalue weighted by Crippen LogP contribution is 2.14. The van der Waals surface area contributed by atoms with E-state index in [2.05, 4.69) is 46.0 Å². The second-order valence-corrected chi connectivity index (χ2v) is 5.20. The fourth-order valence-electron chi connectivity index (χ4n) is 1.56. The molecule has 0 saturated carbocycles. The van der Waals surface area contributed by atoms with Gasteiger partial charge in [0.2, 0.25) is 0 Å². The molecule has 0 saturated heterocycles. The van der Waals surface area contributed by atoms with E-state index in [4.69, 9.17) is 6.42 Å². The van der Waals surface area contributed by atoms with Crippen molar-refractivity contribution >= 4 is 41.3 Å². The minimum absolute atomic E-state index is 0. The third-order valence-corrected chi connectivity index (χ3v) is 3.29. The van der Waals surface area contributed by atoms with Crippen molar-refractivity contribution in [3.8, 4) is 12.3 Å². The fourth-order valence-corrected chi connectivity index (χ4v) is 2.43. The number of hydrogen-bond acceptors (Lipinski definition) is 2. The van der Waals surface area contributed by atoms with Gasteiger partial charge in [-0.1, -0.05) is 18.9 Å². The quantitative estimate of drug-likeness (QED) is 0.339. The molecule has 0 spiro atoms. The summed E-state index contributed by atoms with van der Waals surface area (Å²) in [6.45, 7) is 6.41. The van der Waals surface area contributed by atoms with Crippen molar-refractivity contribution in [2.24, 2.45) is 10.9 Å². The summed E-state index contributed by atoms with van der Waals surface area (Å²) in [4.78, 5) is 5.95. The van der Waals surface area contributed by atoms with Crippen molar-refractivity contribution in [1.29, 1.82) is 0 Å². The smallest absolute Gasteiger partial charge is 0.192 e. The van der Waals surface area contributed by atoms with Crippen LogP contribution in [0.15, 0.2) is 22.5 Å². The first kappa shape index (κ1) is 18.3. The van der Waals surface area contributed by atoms with Crippen LogP contribution in [0.5, 0.6) is 0 Å². The van der Waals surface area contributed by atoms with E-state index in [0.29, 0.717) is 12.5 Å². The first-order valence-corrected chi connectivity index (χ1v) is 7.12. The Balaban J connectivity index is 0.00000324. The molecular formula is C14H22IN3S. The number of aliphatic imine (C=N–C) groups is 1. The third kappa shape index (κ3) is 8.11. The molecule has 0 aromatic carbocycles. The van der Waals surface area contributed by atoms with Crippen LogP contribution in [0, 0.1) is 18.3 Å². The Kier molecular flexibility index (Phi) is 10.7. The highest BCUT2D eigenvalue weighted by atomic mass is 127. The van der Waals surface area contributed by atoms with Crippen LogP contribution in [0.3, 0.4) is 0 Å². The number of nitrogens with one attached hydrogen (secondary N) is 2. The van der Waals surface area contributed by atoms with Gasteiger partial charge in [0.1, 0.15) is 0 Å². The lowest BCUT2D eigenvalue weighted by Gasteiger charge is -2.11. The Bertz CT molecular complexity index is 395. The van der Waals surface area contributed by atoms with Gasteiger partial charge in [0.25, 0.3) is 0 Å². The van der Waals surface area contributed by atoms with E-state index in [1.807, 2.05) is 6.92 Å². The zero-order chi connectivity index (χ0) is 13.2. The average Bonchev–Trinajstić information content (AvgIpc) is 2.85. The summed E-state index contributed by atoms with van der Waals surface area (Å²) < 4.78 is 0. The number of thiophene rings is 1. The van der Waals surface area contributed by atoms with Crippen molar-refractivity contribution in [3.63, 3.8) is 0 Å². The van der Waals surface area contributed by atoms with Crippen molar-refractivity contribution in [1.82, 2.24) is 10.6 Å². The Morgan fingerprint density at radius 3 is 2.89 bits per heavy atom. The second kappa shape index (κ2) is 11.1. The number of guanidine groups is 1. The molecule has 0 radical (unpaired) electrons. The predicted molar refractivity (Wildman–Crippen MR) is 95.4 cm³/mol. The maximum Gasteiger partial charge on any atom is 0.192 e. The summed E-state index contributed by atoms with van der Waals surface area (Å²) in [6, 6.07) is 4.27. The average molecular weight is 391 g/mol. The molecule has 1 atom stereocenters. The van der Waals surface area contributed by atoms with Crippen LogP contribution in [0.4, 0.5) is 0 Å². The zero-order valence-electron chi connectivity index (χ0n) is 11.5. The normalized spacial score (nSPS) is 12.2. The fraction of sp³-hybridized carbons (Fsp3) is 0.500. The highest BCUT2D eigenvalue weighted by Gasteiger charge is 2.04. The molecule has 0 aliphatic heterocycles. The molecule has 1 aromatic heterocycles. The van der Waals surface area contributed by atoms with Gasteiger partial charge in [-0.05, 0) is 30.7 Å². The molecule has 0 aliphatic carbocycles. The summed E-state index contributed by atoms with van der Waals surface area (Å²) in [5.41, 5.74) is 0. The van der Waals surface area contributed by atoms with Gasteiger partial charge in [-0.2, -0.15) is 0 Å². The van der Waals surface area contributed by atoms with Crippen LogP contribution in [-0.4, -0.2) is 25.6 Å². The topological polar surface area (TPSA) is 36.4 Å². The first-order valence-electron chi connectivity index (χ1n) is 6.24. The van der Waals surface area contributed by atoms with Crippen molar-refractivity contribution in [2.45, 2.75) is 20.3 Å². The SMILES string of the molecule is C#CCNC(=NCC(C)Cc1cccs1)NCC.I. The van der Waals surface area contributed by atoms with Crippen LogP contribution in [0.25, 0.3) is 0 Å². The molecule has 0 aliphatic rings. The van der Waals surface area contributed by atoms with Crippen molar-refractivity contribution in [2.75, 3.05) is 19.6 Å². The molecule has 1 rings (SSSR count). The maximum atomic E-state index is 5.23. The molecule has 1 heterocycles. The van der Waals surface area contributed by atoms with Crippen LogP contribution < -0.4 is 10.6 Å². The Hall–Kier alpha value is -0.740. The third-order valence-electron chi connectivity index (χ3n) is 2.39. The van der Waals surface area contributed by atoms with Crippen LogP contribution in [0.1, 0.15) is 18.7 Å². The molecule has 0 fully saturated rings. The Labute approximate surface area is 137 Å². The molecule has 1 unspecified atom stereocenters. The van der Waals surface area contributed by atoms with E-state index in [0.717, 1.165) is 25.5 Å². The van der Waals surface area contributed by atoms with Gasteiger partial charge in [-0.3, -0.25) is 4.99 Å². The zero-order valence-corrected chi connectivity index (χ0v) is 14.6. The molecule has 0 amide bonds. The lowest BCUT2D eigenvalue weighted by molar-refractivity contribution is 0.595. The largest absolute Gasteiger partial charge is 0.357 e. The van der Waals surface area contributed by atoms with E-state index in [9.17, 15) is 0 Å². The lowest BCUT2D eigenvalue weighted by Crippen LogP contribution is -2.37. The standard InChI is InChI=1S/C14H21N3S.HI/c1-4-8-16-14(15-5-2)17-11-12(3)10-13-7-6-9-18-13;/h1,6-7,9,12H,5,8,10-11H2,2-3H3,(H2,15,16,17);1H. The molecular weight excluding hydrogens is 369 g/mol. The summed E-state index contributed by atoms with van der Waals surface area (Å²) in [6.07, 6.45) is 6.30. The maximum absolute atomic E-state index is 5.23.